The van der Waals surface area contributed by atoms with Crippen LogP contribution in [0.25, 0.3) is 0 Å². The van der Waals surface area contributed by atoms with Crippen LogP contribution in [0.15, 0.2) is 28.7 Å². The third-order valence-corrected chi connectivity index (χ3v) is 1.30. The summed E-state index contributed by atoms with van der Waals surface area (Å²) in [6, 6.07) is 0. The van der Waals surface area contributed by atoms with Gasteiger partial charge in [-0.1, -0.05) is 6.08 Å². The smallest absolute Gasteiger partial charge is 0.200 e. The molecule has 0 atom stereocenters. The number of guanidine groups is 1. The van der Waals surface area contributed by atoms with Gasteiger partial charge in [0.05, 0.1) is 12.8 Å². The fourth-order valence-electron chi connectivity index (χ4n) is 0.754. The van der Waals surface area contributed by atoms with Crippen LogP contribution in [0, 0.1) is 0 Å². The number of hydrogen-bond donors (Lipinski definition) is 2. The molecule has 60 valence electrons. The number of nitrogens with zero attached hydrogens (tertiary/aromatic N) is 1. The lowest BCUT2D eigenvalue weighted by atomic mass is 10.3. The highest BCUT2D eigenvalue weighted by molar-refractivity contribution is 5.82. The summed E-state index contributed by atoms with van der Waals surface area (Å²) in [5, 5.41) is 2.76. The average molecular weight is 153 g/mol. The van der Waals surface area contributed by atoms with Crippen molar-refractivity contribution in [3.05, 3.63) is 23.7 Å². The first kappa shape index (κ1) is 7.65. The molecule has 0 amide bonds. The number of nitrogens with one attached hydrogen (secondary N) is 1. The molecule has 0 bridgehead atoms. The zero-order chi connectivity index (χ0) is 8.27. The van der Waals surface area contributed by atoms with Gasteiger partial charge in [0.1, 0.15) is 0 Å². The SMILES string of the molecule is C/C=C1/C=C(OC)NC(N)=N1. The standard InChI is InChI=1S/C7H11N3O/c1-3-5-4-6(11-2)10-7(8)9-5/h3-4H,1-2H3,(H3,8,9,10)/b5-3-. The molecule has 3 N–H and O–H groups in total. The Bertz CT molecular complexity index is 240. The zero-order valence-electron chi connectivity index (χ0n) is 6.59. The van der Waals surface area contributed by atoms with Gasteiger partial charge >= 0.3 is 0 Å². The maximum absolute atomic E-state index is 5.44. The molecule has 4 heteroatoms. The first-order valence-electron chi connectivity index (χ1n) is 3.29. The van der Waals surface area contributed by atoms with Crippen LogP contribution in [0.4, 0.5) is 0 Å². The summed E-state index contributed by atoms with van der Waals surface area (Å²) >= 11 is 0. The Hall–Kier alpha value is -1.45. The molecular weight excluding hydrogens is 142 g/mol. The Morgan fingerprint density at radius 3 is 3.00 bits per heavy atom. The number of nitrogens with two attached hydrogens (primary N) is 1. The highest BCUT2D eigenvalue weighted by atomic mass is 16.5. The minimum Gasteiger partial charge on any atom is -0.482 e. The predicted octanol–water partition coefficient (Wildman–Crippen LogP) is 0.296. The van der Waals surface area contributed by atoms with Gasteiger partial charge in [0.15, 0.2) is 5.88 Å². The molecule has 0 radical (unpaired) electrons. The minimum atomic E-state index is 0.359. The van der Waals surface area contributed by atoms with Gasteiger partial charge in [0, 0.05) is 6.08 Å². The number of aliphatic imine (C=N–C) groups is 1. The molecular formula is C7H11N3O. The number of methoxy groups -OCH3 is 1. The van der Waals surface area contributed by atoms with Gasteiger partial charge in [-0.25, -0.2) is 4.99 Å². The lowest BCUT2D eigenvalue weighted by Gasteiger charge is -2.13. The van der Waals surface area contributed by atoms with E-state index in [1.54, 1.807) is 13.2 Å². The van der Waals surface area contributed by atoms with Crippen LogP contribution in [-0.4, -0.2) is 13.1 Å². The quantitative estimate of drug-likeness (QED) is 0.569. The molecule has 0 aliphatic carbocycles. The number of rotatable bonds is 1. The van der Waals surface area contributed by atoms with Crippen LogP contribution in [0.3, 0.4) is 0 Å². The van der Waals surface area contributed by atoms with Crippen molar-refractivity contribution in [3.63, 3.8) is 0 Å². The van der Waals surface area contributed by atoms with E-state index in [-0.39, 0.29) is 0 Å². The largest absolute Gasteiger partial charge is 0.482 e. The van der Waals surface area contributed by atoms with E-state index >= 15 is 0 Å². The van der Waals surface area contributed by atoms with E-state index in [0.717, 1.165) is 5.70 Å². The van der Waals surface area contributed by atoms with E-state index in [1.165, 1.54) is 0 Å². The van der Waals surface area contributed by atoms with Crippen LogP contribution < -0.4 is 11.1 Å². The Balaban J connectivity index is 2.83. The first-order chi connectivity index (χ1) is 5.26. The number of allylic oxidation sites excluding steroid dienone is 2. The molecule has 0 aromatic rings. The monoisotopic (exact) mass is 153 g/mol. The van der Waals surface area contributed by atoms with Crippen LogP contribution in [0.2, 0.25) is 0 Å². The van der Waals surface area contributed by atoms with Gasteiger partial charge < -0.3 is 10.5 Å². The Morgan fingerprint density at radius 2 is 2.45 bits per heavy atom. The van der Waals surface area contributed by atoms with Gasteiger partial charge in [-0.15, -0.1) is 0 Å². The van der Waals surface area contributed by atoms with Gasteiger partial charge in [-0.05, 0) is 6.92 Å². The van der Waals surface area contributed by atoms with Gasteiger partial charge in [0.25, 0.3) is 0 Å². The van der Waals surface area contributed by atoms with Crippen LogP contribution in [0.5, 0.6) is 0 Å². The van der Waals surface area contributed by atoms with Gasteiger partial charge in [-0.2, -0.15) is 0 Å². The topological polar surface area (TPSA) is 59.6 Å². The molecule has 11 heavy (non-hydrogen) atoms. The summed E-state index contributed by atoms with van der Waals surface area (Å²) in [6.07, 6.45) is 3.63. The summed E-state index contributed by atoms with van der Waals surface area (Å²) in [7, 11) is 1.57. The minimum absolute atomic E-state index is 0.359. The molecule has 0 spiro atoms. The molecule has 1 heterocycles. The second-order valence-corrected chi connectivity index (χ2v) is 2.05. The lowest BCUT2D eigenvalue weighted by molar-refractivity contribution is 0.274. The Morgan fingerprint density at radius 1 is 1.73 bits per heavy atom. The summed E-state index contributed by atoms with van der Waals surface area (Å²) in [5.74, 6) is 0.975. The molecule has 1 rings (SSSR count). The third-order valence-electron chi connectivity index (χ3n) is 1.30. The second kappa shape index (κ2) is 3.09. The fourth-order valence-corrected chi connectivity index (χ4v) is 0.754. The van der Waals surface area contributed by atoms with E-state index < -0.39 is 0 Å². The molecule has 0 aromatic carbocycles. The molecule has 1 aliphatic rings. The van der Waals surface area contributed by atoms with Crippen molar-refractivity contribution in [1.29, 1.82) is 0 Å². The highest BCUT2D eigenvalue weighted by Crippen LogP contribution is 2.06. The Labute approximate surface area is 65.4 Å². The maximum Gasteiger partial charge on any atom is 0.200 e. The van der Waals surface area contributed by atoms with Crippen LogP contribution in [-0.2, 0) is 4.74 Å². The second-order valence-electron chi connectivity index (χ2n) is 2.05. The van der Waals surface area contributed by atoms with Crippen molar-refractivity contribution in [1.82, 2.24) is 5.32 Å². The normalized spacial score (nSPS) is 20.4. The maximum atomic E-state index is 5.44. The van der Waals surface area contributed by atoms with E-state index in [9.17, 15) is 0 Å². The molecule has 4 nitrogen and oxygen atoms in total. The first-order valence-corrected chi connectivity index (χ1v) is 3.29. The molecule has 1 aliphatic heterocycles. The summed E-state index contributed by atoms with van der Waals surface area (Å²) in [4.78, 5) is 3.99. The van der Waals surface area contributed by atoms with Crippen LogP contribution >= 0.6 is 0 Å². The van der Waals surface area contributed by atoms with Gasteiger partial charge in [0.2, 0.25) is 5.96 Å². The van der Waals surface area contributed by atoms with Crippen molar-refractivity contribution in [2.45, 2.75) is 6.92 Å². The third kappa shape index (κ3) is 1.73. The molecule has 0 saturated heterocycles. The molecule has 0 fully saturated rings. The number of ether oxygens (including phenoxy) is 1. The average Bonchev–Trinajstić information content (AvgIpc) is 2.03. The molecule has 0 saturated carbocycles. The summed E-state index contributed by atoms with van der Waals surface area (Å²) in [6.45, 7) is 1.89. The van der Waals surface area contributed by atoms with E-state index in [2.05, 4.69) is 10.3 Å². The van der Waals surface area contributed by atoms with Crippen LogP contribution in [0.1, 0.15) is 6.92 Å². The summed E-state index contributed by atoms with van der Waals surface area (Å²) < 4.78 is 4.94. The van der Waals surface area contributed by atoms with Crippen molar-refractivity contribution < 1.29 is 4.74 Å². The predicted molar refractivity (Wildman–Crippen MR) is 43.6 cm³/mol. The molecule has 0 aromatic heterocycles. The summed E-state index contributed by atoms with van der Waals surface area (Å²) in [5.41, 5.74) is 6.25. The zero-order valence-corrected chi connectivity index (χ0v) is 6.59. The molecule has 0 unspecified atom stereocenters. The van der Waals surface area contributed by atoms with Crippen molar-refractivity contribution >= 4 is 5.96 Å². The van der Waals surface area contributed by atoms with Crippen molar-refractivity contribution in [3.8, 4) is 0 Å². The van der Waals surface area contributed by atoms with E-state index in [4.69, 9.17) is 10.5 Å². The van der Waals surface area contributed by atoms with E-state index in [0.29, 0.717) is 11.8 Å². The van der Waals surface area contributed by atoms with E-state index in [1.807, 2.05) is 13.0 Å². The lowest BCUT2D eigenvalue weighted by Crippen LogP contribution is -2.33. The van der Waals surface area contributed by atoms with Crippen molar-refractivity contribution in [2.75, 3.05) is 7.11 Å². The Kier molecular flexibility index (Phi) is 2.15. The fraction of sp³-hybridized carbons (Fsp3) is 0.286. The number of hydrogen-bond acceptors (Lipinski definition) is 4. The van der Waals surface area contributed by atoms with Gasteiger partial charge in [-0.3, -0.25) is 5.32 Å². The van der Waals surface area contributed by atoms with Crippen molar-refractivity contribution in [2.24, 2.45) is 10.7 Å². The highest BCUT2D eigenvalue weighted by Gasteiger charge is 2.05.